The maximum Gasteiger partial charge on any atom is 0.245 e. The van der Waals surface area contributed by atoms with E-state index in [0.717, 1.165) is 0 Å². The van der Waals surface area contributed by atoms with E-state index < -0.39 is 120 Å². The standard InChI is InChI=1S/C45H75N13O12/c1-24(2)22-33-42(67)55-29(13-17-46)38(63)54-31(15-19-48)41(66)58-37(26(4)60)45(70)50-21-16-32(52-35(62)12-9-20-49-44(69)36(25(3)59)51-27(5)61)40(65)53-30(14-18-47)39(64)57-34(43(68)56-33)23-28-10-7-6-8-11-28/h6-8,10-11,24-26,29-34,36-37,59-60H,9,12-23,46-48H2,1-5H3,(H,49,69)(H,50,70)(H,51,61)(H,52,62)(H,53,65)(H,54,63)(H,55,67)(H,56,68)(H,57,64)(H,58,66)/t25-,26-,29+,30+,31+,32+,33+,34-,36+,37+/m1/s1. The third-order valence-corrected chi connectivity index (χ3v) is 11.0. The fourth-order valence-electron chi connectivity index (χ4n) is 7.27. The first-order chi connectivity index (χ1) is 33.1. The van der Waals surface area contributed by atoms with Gasteiger partial charge < -0.3 is 80.6 Å². The lowest BCUT2D eigenvalue weighted by Crippen LogP contribution is -2.61. The molecule has 0 spiro atoms. The number of nitrogens with two attached hydrogens (primary N) is 3. The van der Waals surface area contributed by atoms with Gasteiger partial charge in [-0.1, -0.05) is 44.2 Å². The van der Waals surface area contributed by atoms with Crippen molar-refractivity contribution in [1.82, 2.24) is 53.2 Å². The minimum Gasteiger partial charge on any atom is -0.391 e. The maximum atomic E-state index is 14.2. The molecule has 25 nitrogen and oxygen atoms in total. The van der Waals surface area contributed by atoms with Gasteiger partial charge in [0.05, 0.1) is 12.2 Å². The van der Waals surface area contributed by atoms with Crippen LogP contribution in [0.1, 0.15) is 85.1 Å². The van der Waals surface area contributed by atoms with E-state index in [2.05, 4.69) is 53.2 Å². The number of nitrogens with one attached hydrogen (secondary N) is 10. The Kier molecular flexibility index (Phi) is 26.5. The summed E-state index contributed by atoms with van der Waals surface area (Å²) < 4.78 is 0. The van der Waals surface area contributed by atoms with Gasteiger partial charge in [0.1, 0.15) is 48.3 Å². The lowest BCUT2D eigenvalue weighted by molar-refractivity contribution is -0.136. The SMILES string of the molecule is CC(=O)N[C@H](C(=O)NCCCC(=O)N[C@H]1CCNC(=O)[C@H]([C@@H](C)O)NC(=O)[C@H](CCN)NC(=O)[C@H](CCN)NC(=O)[C@H](CC(C)C)NC(=O)[C@@H](Cc2ccccc2)NC(=O)[C@H](CCN)NC1=O)[C@@H](C)O. The second-order valence-corrected chi connectivity index (χ2v) is 17.6. The van der Waals surface area contributed by atoms with Gasteiger partial charge in [-0.05, 0) is 83.5 Å². The molecule has 25 heteroatoms. The average molecular weight is 990 g/mol. The van der Waals surface area contributed by atoms with Crippen LogP contribution in [0.25, 0.3) is 0 Å². The van der Waals surface area contributed by atoms with Crippen LogP contribution in [0, 0.1) is 5.92 Å². The molecular formula is C45H75N13O12. The van der Waals surface area contributed by atoms with Gasteiger partial charge >= 0.3 is 0 Å². The van der Waals surface area contributed by atoms with Crippen LogP contribution in [0.5, 0.6) is 0 Å². The van der Waals surface area contributed by atoms with E-state index >= 15 is 0 Å². The maximum absolute atomic E-state index is 14.2. The van der Waals surface area contributed by atoms with Gasteiger partial charge in [0, 0.05) is 32.9 Å². The fraction of sp³-hybridized carbons (Fsp3) is 0.644. The van der Waals surface area contributed by atoms with E-state index in [9.17, 15) is 58.2 Å². The summed E-state index contributed by atoms with van der Waals surface area (Å²) in [4.78, 5) is 135. The Balaban J connectivity index is 2.60. The number of rotatable bonds is 19. The van der Waals surface area contributed by atoms with Crippen molar-refractivity contribution in [2.75, 3.05) is 32.7 Å². The van der Waals surface area contributed by atoms with Gasteiger partial charge in [-0.25, -0.2) is 0 Å². The predicted octanol–water partition coefficient (Wildman–Crippen LogP) is -5.60. The van der Waals surface area contributed by atoms with Crippen molar-refractivity contribution in [3.05, 3.63) is 35.9 Å². The number of hydrogen-bond acceptors (Lipinski definition) is 15. The lowest BCUT2D eigenvalue weighted by atomic mass is 10.00. The first kappa shape index (κ1) is 59.8. The molecule has 10 amide bonds. The number of amides is 10. The molecule has 1 aromatic carbocycles. The summed E-state index contributed by atoms with van der Waals surface area (Å²) in [6.45, 7) is 6.58. The molecule has 1 fully saturated rings. The normalized spacial score (nSPS) is 23.9. The summed E-state index contributed by atoms with van der Waals surface area (Å²) in [5.74, 6) is -8.08. The van der Waals surface area contributed by atoms with Crippen molar-refractivity contribution in [2.24, 2.45) is 23.1 Å². The summed E-state index contributed by atoms with van der Waals surface area (Å²) in [6, 6.07) is -2.32. The van der Waals surface area contributed by atoms with Crippen molar-refractivity contribution in [3.63, 3.8) is 0 Å². The highest BCUT2D eigenvalue weighted by molar-refractivity contribution is 5.98. The minimum atomic E-state index is -1.61. The Morgan fingerprint density at radius 1 is 0.671 bits per heavy atom. The van der Waals surface area contributed by atoms with Crippen LogP contribution in [0.15, 0.2) is 30.3 Å². The molecule has 70 heavy (non-hydrogen) atoms. The lowest BCUT2D eigenvalue weighted by Gasteiger charge is -2.28. The van der Waals surface area contributed by atoms with Crippen LogP contribution in [-0.2, 0) is 54.4 Å². The summed E-state index contributed by atoms with van der Waals surface area (Å²) in [5, 5.41) is 46.0. The molecule has 0 bridgehead atoms. The first-order valence-corrected chi connectivity index (χ1v) is 23.6. The topological polar surface area (TPSA) is 410 Å². The molecule has 1 aliphatic rings. The van der Waals surface area contributed by atoms with Gasteiger partial charge in [-0.2, -0.15) is 0 Å². The Morgan fingerprint density at radius 3 is 1.66 bits per heavy atom. The van der Waals surface area contributed by atoms with E-state index in [1.165, 1.54) is 20.8 Å². The summed E-state index contributed by atoms with van der Waals surface area (Å²) >= 11 is 0. The molecule has 1 heterocycles. The smallest absolute Gasteiger partial charge is 0.245 e. The predicted molar refractivity (Wildman–Crippen MR) is 255 cm³/mol. The Morgan fingerprint density at radius 2 is 1.16 bits per heavy atom. The quantitative estimate of drug-likeness (QED) is 0.0575. The number of carbonyl (C=O) groups excluding carboxylic acids is 10. The Labute approximate surface area is 407 Å². The summed E-state index contributed by atoms with van der Waals surface area (Å²) in [5.41, 5.74) is 18.1. The number of aliphatic hydroxyl groups is 2. The molecule has 0 saturated carbocycles. The molecule has 0 unspecified atom stereocenters. The van der Waals surface area contributed by atoms with Gasteiger partial charge in [0.25, 0.3) is 0 Å². The monoisotopic (exact) mass is 990 g/mol. The van der Waals surface area contributed by atoms with E-state index in [0.29, 0.717) is 5.56 Å². The highest BCUT2D eigenvalue weighted by atomic mass is 16.3. The second-order valence-electron chi connectivity index (χ2n) is 17.6. The van der Waals surface area contributed by atoms with E-state index in [1.54, 1.807) is 44.2 Å². The fourth-order valence-corrected chi connectivity index (χ4v) is 7.27. The second kappa shape index (κ2) is 31.0. The Hall–Kier alpha value is -6.28. The molecule has 392 valence electrons. The van der Waals surface area contributed by atoms with E-state index in [4.69, 9.17) is 17.2 Å². The zero-order chi connectivity index (χ0) is 52.5. The number of carbonyl (C=O) groups is 10. The molecule has 2 rings (SSSR count). The molecule has 1 aliphatic heterocycles. The van der Waals surface area contributed by atoms with Crippen LogP contribution >= 0.6 is 0 Å². The summed E-state index contributed by atoms with van der Waals surface area (Å²) in [6.07, 6.45) is -3.62. The van der Waals surface area contributed by atoms with Crippen LogP contribution in [0.2, 0.25) is 0 Å². The highest BCUT2D eigenvalue weighted by Crippen LogP contribution is 2.11. The highest BCUT2D eigenvalue weighted by Gasteiger charge is 2.35. The number of benzene rings is 1. The molecule has 1 aromatic rings. The van der Waals surface area contributed by atoms with Crippen molar-refractivity contribution in [1.29, 1.82) is 0 Å². The van der Waals surface area contributed by atoms with Crippen LogP contribution in [0.4, 0.5) is 0 Å². The Bertz CT molecular complexity index is 1920. The van der Waals surface area contributed by atoms with Gasteiger partial charge in [0.2, 0.25) is 59.1 Å². The van der Waals surface area contributed by atoms with E-state index in [-0.39, 0.29) is 90.0 Å². The van der Waals surface area contributed by atoms with Crippen LogP contribution in [-0.4, -0.2) is 163 Å². The largest absolute Gasteiger partial charge is 0.391 e. The van der Waals surface area contributed by atoms with Crippen molar-refractivity contribution in [3.8, 4) is 0 Å². The van der Waals surface area contributed by atoms with Crippen LogP contribution in [0.3, 0.4) is 0 Å². The minimum absolute atomic E-state index is 0.0348. The molecule has 0 aliphatic carbocycles. The van der Waals surface area contributed by atoms with Gasteiger partial charge in [-0.15, -0.1) is 0 Å². The number of hydrogen-bond donors (Lipinski definition) is 15. The molecule has 0 radical (unpaired) electrons. The van der Waals surface area contributed by atoms with Gasteiger partial charge in [0.15, 0.2) is 0 Å². The van der Waals surface area contributed by atoms with Crippen molar-refractivity contribution < 1.29 is 58.2 Å². The molecule has 1 saturated heterocycles. The first-order valence-electron chi connectivity index (χ1n) is 23.6. The van der Waals surface area contributed by atoms with E-state index in [1.807, 2.05) is 0 Å². The van der Waals surface area contributed by atoms with Crippen molar-refractivity contribution >= 4 is 59.1 Å². The zero-order valence-corrected chi connectivity index (χ0v) is 40.6. The van der Waals surface area contributed by atoms with Crippen molar-refractivity contribution in [2.45, 2.75) is 147 Å². The number of aliphatic hydroxyl groups excluding tert-OH is 2. The third-order valence-electron chi connectivity index (χ3n) is 11.0. The molecule has 18 N–H and O–H groups in total. The third kappa shape index (κ3) is 21.2. The van der Waals surface area contributed by atoms with Gasteiger partial charge in [-0.3, -0.25) is 47.9 Å². The summed E-state index contributed by atoms with van der Waals surface area (Å²) in [7, 11) is 0. The molecule has 10 atom stereocenters. The van der Waals surface area contributed by atoms with Crippen LogP contribution < -0.4 is 70.4 Å². The molecular weight excluding hydrogens is 915 g/mol. The average Bonchev–Trinajstić information content (AvgIpc) is 3.29. The zero-order valence-electron chi connectivity index (χ0n) is 40.6. The molecule has 0 aromatic heterocycles.